The number of fused-ring (bicyclic) bond motifs is 2. The van der Waals surface area contributed by atoms with Gasteiger partial charge in [-0.15, -0.1) is 0 Å². The molecule has 156 valence electrons. The van der Waals surface area contributed by atoms with E-state index in [0.717, 1.165) is 40.8 Å². The van der Waals surface area contributed by atoms with Crippen LogP contribution in [0.3, 0.4) is 0 Å². The zero-order valence-electron chi connectivity index (χ0n) is 18.4. The minimum Gasteiger partial charge on any atom is -0.493 e. The molecule has 0 amide bonds. The van der Waals surface area contributed by atoms with Gasteiger partial charge in [0, 0.05) is 17.0 Å². The van der Waals surface area contributed by atoms with E-state index in [0.29, 0.717) is 6.61 Å². The van der Waals surface area contributed by atoms with Gasteiger partial charge in [0.25, 0.3) is 0 Å². The molecular weight excluding hydrogens is 374 g/mol. The van der Waals surface area contributed by atoms with Crippen molar-refractivity contribution in [3.63, 3.8) is 0 Å². The summed E-state index contributed by atoms with van der Waals surface area (Å²) in [6.45, 7) is 11.8. The number of pyridine rings is 1. The first-order valence-electron chi connectivity index (χ1n) is 10.6. The SMILES string of the molecule is CCOc1cc(-c2ccc(C(=O)O)cc2)nc2cc3c(cc12)C(C)(C)CCC3(C)C. The second kappa shape index (κ2) is 7.12. The van der Waals surface area contributed by atoms with Crippen molar-refractivity contribution in [3.8, 4) is 17.0 Å². The minimum absolute atomic E-state index is 0.103. The molecule has 1 N–H and O–H groups in total. The van der Waals surface area contributed by atoms with Crippen molar-refractivity contribution in [3.05, 3.63) is 59.2 Å². The fourth-order valence-corrected chi connectivity index (χ4v) is 4.46. The van der Waals surface area contributed by atoms with E-state index in [2.05, 4.69) is 39.8 Å². The number of hydrogen-bond donors (Lipinski definition) is 1. The van der Waals surface area contributed by atoms with Crippen LogP contribution >= 0.6 is 0 Å². The van der Waals surface area contributed by atoms with Crippen molar-refractivity contribution in [1.82, 2.24) is 4.98 Å². The van der Waals surface area contributed by atoms with E-state index < -0.39 is 5.97 Å². The number of aromatic nitrogens is 1. The molecular formula is C26H29NO3. The van der Waals surface area contributed by atoms with E-state index in [1.54, 1.807) is 24.3 Å². The first-order valence-corrected chi connectivity index (χ1v) is 10.6. The highest BCUT2D eigenvalue weighted by molar-refractivity contribution is 5.91. The summed E-state index contributed by atoms with van der Waals surface area (Å²) < 4.78 is 6.02. The predicted octanol–water partition coefficient (Wildman–Crippen LogP) is 6.35. The molecule has 1 aromatic heterocycles. The Hall–Kier alpha value is -2.88. The molecule has 0 fully saturated rings. The van der Waals surface area contributed by atoms with Crippen LogP contribution < -0.4 is 4.74 Å². The van der Waals surface area contributed by atoms with Crippen LogP contribution in [0.5, 0.6) is 5.75 Å². The van der Waals surface area contributed by atoms with Crippen LogP contribution in [0.4, 0.5) is 0 Å². The molecule has 4 rings (SSSR count). The van der Waals surface area contributed by atoms with Crippen LogP contribution in [-0.2, 0) is 10.8 Å². The lowest BCUT2D eigenvalue weighted by Crippen LogP contribution is -2.33. The third kappa shape index (κ3) is 3.45. The zero-order chi connectivity index (χ0) is 21.7. The molecule has 30 heavy (non-hydrogen) atoms. The summed E-state index contributed by atoms with van der Waals surface area (Å²) in [7, 11) is 0. The van der Waals surface area contributed by atoms with Crippen molar-refractivity contribution >= 4 is 16.9 Å². The van der Waals surface area contributed by atoms with Crippen molar-refractivity contribution in [2.45, 2.75) is 58.3 Å². The molecule has 4 heteroatoms. The number of aromatic carboxylic acids is 1. The molecule has 3 aromatic rings. The monoisotopic (exact) mass is 403 g/mol. The molecule has 1 heterocycles. The van der Waals surface area contributed by atoms with E-state index in [4.69, 9.17) is 14.8 Å². The van der Waals surface area contributed by atoms with E-state index in [1.807, 2.05) is 13.0 Å². The third-order valence-corrected chi connectivity index (χ3v) is 6.47. The molecule has 0 aliphatic heterocycles. The van der Waals surface area contributed by atoms with Crippen molar-refractivity contribution in [2.24, 2.45) is 0 Å². The second-order valence-corrected chi connectivity index (χ2v) is 9.50. The van der Waals surface area contributed by atoms with Gasteiger partial charge in [-0.1, -0.05) is 39.8 Å². The van der Waals surface area contributed by atoms with Gasteiger partial charge < -0.3 is 9.84 Å². The highest BCUT2D eigenvalue weighted by atomic mass is 16.5. The van der Waals surface area contributed by atoms with Crippen LogP contribution in [0, 0.1) is 0 Å². The maximum atomic E-state index is 11.2. The number of carboxylic acids is 1. The summed E-state index contributed by atoms with van der Waals surface area (Å²) >= 11 is 0. The fourth-order valence-electron chi connectivity index (χ4n) is 4.46. The smallest absolute Gasteiger partial charge is 0.335 e. The van der Waals surface area contributed by atoms with Gasteiger partial charge in [-0.2, -0.15) is 0 Å². The molecule has 1 aliphatic carbocycles. The van der Waals surface area contributed by atoms with Gasteiger partial charge in [-0.05, 0) is 66.0 Å². The molecule has 0 radical (unpaired) electrons. The normalized spacial score (nSPS) is 16.8. The van der Waals surface area contributed by atoms with E-state index >= 15 is 0 Å². The zero-order valence-corrected chi connectivity index (χ0v) is 18.4. The summed E-state index contributed by atoms with van der Waals surface area (Å²) in [4.78, 5) is 16.1. The van der Waals surface area contributed by atoms with Crippen molar-refractivity contribution in [1.29, 1.82) is 0 Å². The Kier molecular flexibility index (Phi) is 4.84. The van der Waals surface area contributed by atoms with Gasteiger partial charge in [-0.25, -0.2) is 9.78 Å². The molecule has 0 bridgehead atoms. The number of nitrogens with zero attached hydrogens (tertiary/aromatic N) is 1. The lowest BCUT2D eigenvalue weighted by molar-refractivity contribution is 0.0697. The Balaban J connectivity index is 1.94. The highest BCUT2D eigenvalue weighted by Gasteiger charge is 2.37. The Labute approximate surface area is 177 Å². The predicted molar refractivity (Wildman–Crippen MR) is 121 cm³/mol. The number of hydrogen-bond acceptors (Lipinski definition) is 3. The lowest BCUT2D eigenvalue weighted by Gasteiger charge is -2.42. The van der Waals surface area contributed by atoms with Crippen molar-refractivity contribution in [2.75, 3.05) is 6.61 Å². The molecule has 0 saturated carbocycles. The average Bonchev–Trinajstić information content (AvgIpc) is 2.71. The van der Waals surface area contributed by atoms with E-state index in [-0.39, 0.29) is 16.4 Å². The molecule has 4 nitrogen and oxygen atoms in total. The Morgan fingerprint density at radius 2 is 1.60 bits per heavy atom. The highest BCUT2D eigenvalue weighted by Crippen LogP contribution is 2.48. The number of rotatable bonds is 4. The number of carboxylic acid groups (broad SMARTS) is 1. The van der Waals surface area contributed by atoms with Gasteiger partial charge in [0.2, 0.25) is 0 Å². The Morgan fingerprint density at radius 3 is 2.17 bits per heavy atom. The fraction of sp³-hybridized carbons (Fsp3) is 0.385. The van der Waals surface area contributed by atoms with Crippen LogP contribution in [0.25, 0.3) is 22.2 Å². The third-order valence-electron chi connectivity index (χ3n) is 6.47. The van der Waals surface area contributed by atoms with Gasteiger partial charge in [0.15, 0.2) is 0 Å². The molecule has 0 atom stereocenters. The van der Waals surface area contributed by atoms with Gasteiger partial charge in [0.05, 0.1) is 23.4 Å². The van der Waals surface area contributed by atoms with Crippen LogP contribution in [0.1, 0.15) is 68.9 Å². The standard InChI is InChI=1S/C26H29NO3/c1-6-30-23-15-21(16-7-9-17(10-8-16)24(28)29)27-22-14-20-19(13-18(22)23)25(2,3)11-12-26(20,4)5/h7-10,13-15H,6,11-12H2,1-5H3,(H,28,29). The quantitative estimate of drug-likeness (QED) is 0.551. The summed E-state index contributed by atoms with van der Waals surface area (Å²) in [6.07, 6.45) is 2.30. The summed E-state index contributed by atoms with van der Waals surface area (Å²) in [5.74, 6) is -0.110. The van der Waals surface area contributed by atoms with E-state index in [9.17, 15) is 4.79 Å². The van der Waals surface area contributed by atoms with Crippen LogP contribution in [0.15, 0.2) is 42.5 Å². The summed E-state index contributed by atoms with van der Waals surface area (Å²) in [6, 6.07) is 13.3. The average molecular weight is 404 g/mol. The summed E-state index contributed by atoms with van der Waals surface area (Å²) in [5, 5.41) is 10.2. The molecule has 2 aromatic carbocycles. The first-order chi connectivity index (χ1) is 14.1. The van der Waals surface area contributed by atoms with E-state index in [1.165, 1.54) is 11.1 Å². The van der Waals surface area contributed by atoms with Gasteiger partial charge in [0.1, 0.15) is 5.75 Å². The molecule has 0 saturated heterocycles. The molecule has 0 unspecified atom stereocenters. The Bertz CT molecular complexity index is 1130. The van der Waals surface area contributed by atoms with Crippen LogP contribution in [0.2, 0.25) is 0 Å². The maximum Gasteiger partial charge on any atom is 0.335 e. The van der Waals surface area contributed by atoms with Gasteiger partial charge >= 0.3 is 5.97 Å². The number of benzene rings is 2. The molecule has 0 spiro atoms. The first kappa shape index (κ1) is 20.4. The van der Waals surface area contributed by atoms with Crippen LogP contribution in [-0.4, -0.2) is 22.7 Å². The molecule has 1 aliphatic rings. The maximum absolute atomic E-state index is 11.2. The second-order valence-electron chi connectivity index (χ2n) is 9.50. The number of carbonyl (C=O) groups is 1. The Morgan fingerprint density at radius 1 is 1.00 bits per heavy atom. The number of ether oxygens (including phenoxy) is 1. The van der Waals surface area contributed by atoms with Gasteiger partial charge in [-0.3, -0.25) is 0 Å². The van der Waals surface area contributed by atoms with Crippen molar-refractivity contribution < 1.29 is 14.6 Å². The summed E-state index contributed by atoms with van der Waals surface area (Å²) in [5.41, 5.74) is 5.81. The largest absolute Gasteiger partial charge is 0.493 e. The topological polar surface area (TPSA) is 59.4 Å². The minimum atomic E-state index is -0.931. The lowest BCUT2D eigenvalue weighted by atomic mass is 9.63.